The number of para-hydroxylation sites is 2. The van der Waals surface area contributed by atoms with Crippen LogP contribution < -0.4 is 26.2 Å². The van der Waals surface area contributed by atoms with E-state index in [4.69, 9.17) is 0 Å². The predicted molar refractivity (Wildman–Crippen MR) is 482 cm³/mol. The molecule has 0 saturated carbocycles. The number of nitrogens with zero attached hydrogens (tertiary/aromatic N) is 5. The van der Waals surface area contributed by atoms with Gasteiger partial charge in [0.05, 0.1) is 44.3 Å². The largest absolute Gasteiger partial charge is 0.311 e. The molecule has 6 heteroatoms. The molecule has 112 heavy (non-hydrogen) atoms. The van der Waals surface area contributed by atoms with Crippen molar-refractivity contribution in [2.75, 3.05) is 9.80 Å². The second kappa shape index (κ2) is 24.4. The summed E-state index contributed by atoms with van der Waals surface area (Å²) in [6.45, 7) is 27.8. The van der Waals surface area contributed by atoms with Gasteiger partial charge >= 0.3 is 0 Å². The highest BCUT2D eigenvalue weighted by molar-refractivity contribution is 7.00. The molecule has 15 aromatic carbocycles. The average molecular weight is 1440 g/mol. The van der Waals surface area contributed by atoms with Crippen LogP contribution in [-0.2, 0) is 21.7 Å². The van der Waals surface area contributed by atoms with E-state index >= 15 is 0 Å². The Balaban J connectivity index is 0.945. The summed E-state index contributed by atoms with van der Waals surface area (Å²) in [5.74, 6) is 0. The molecular weight excluding hydrogens is 1350 g/mol. The molecule has 0 bridgehead atoms. The summed E-state index contributed by atoms with van der Waals surface area (Å²) in [6.07, 6.45) is 0. The Labute approximate surface area is 655 Å². The van der Waals surface area contributed by atoms with Crippen LogP contribution in [-0.4, -0.2) is 20.2 Å². The lowest BCUT2D eigenvalue weighted by Gasteiger charge is -2.44. The first-order valence-electron chi connectivity index (χ1n) is 39.9. The molecule has 5 nitrogen and oxygen atoms in total. The van der Waals surface area contributed by atoms with E-state index in [1.807, 2.05) is 0 Å². The summed E-state index contributed by atoms with van der Waals surface area (Å²) in [6, 6.07) is 122. The van der Waals surface area contributed by atoms with E-state index in [0.717, 1.165) is 67.7 Å². The van der Waals surface area contributed by atoms with Gasteiger partial charge in [-0.05, 0) is 213 Å². The molecule has 2 aliphatic heterocycles. The number of aromatic nitrogens is 3. The van der Waals surface area contributed by atoms with Crippen LogP contribution in [0, 0.1) is 0 Å². The van der Waals surface area contributed by atoms with Crippen LogP contribution in [0.4, 0.5) is 34.1 Å². The molecule has 0 amide bonds. The van der Waals surface area contributed by atoms with Crippen LogP contribution in [0.25, 0.3) is 137 Å². The molecule has 4 aromatic heterocycles. The van der Waals surface area contributed by atoms with Gasteiger partial charge in [0.2, 0.25) is 0 Å². The van der Waals surface area contributed by atoms with Crippen molar-refractivity contribution >= 4 is 160 Å². The van der Waals surface area contributed by atoms with Gasteiger partial charge in [-0.3, -0.25) is 0 Å². The molecule has 0 fully saturated rings. The van der Waals surface area contributed by atoms with Gasteiger partial charge in [-0.2, -0.15) is 0 Å². The van der Waals surface area contributed by atoms with Crippen molar-refractivity contribution < 1.29 is 0 Å². The van der Waals surface area contributed by atoms with E-state index in [1.54, 1.807) is 0 Å². The Morgan fingerprint density at radius 3 is 1.02 bits per heavy atom. The SMILES string of the molecule is CC(C)(C)c1ccc2c(c1)c1cc(C(C)(C)C)ccc1n2-c1ccc2c(c1)N(c1ccc(-c3ccccc3)cc1)c1cc3c(c4c1B2c1ccc(-n2c5ccc(C(C)(C)C)cc5c5cc(C(C)(C)C)ccc52)cc1N4c1ccc(-c2ccccc2)cc1)c1cccc2c4ccccc4c4ccccc4c4ccccc4n3c21. The van der Waals surface area contributed by atoms with Gasteiger partial charge in [-0.1, -0.05) is 289 Å². The fraction of sp³-hybridized carbons (Fsp3) is 0.151. The lowest BCUT2D eigenvalue weighted by atomic mass is 9.33. The first-order chi connectivity index (χ1) is 54.1. The Morgan fingerprint density at radius 1 is 0.232 bits per heavy atom. The molecule has 19 aromatic rings. The molecule has 21 rings (SSSR count). The van der Waals surface area contributed by atoms with Crippen LogP contribution in [0.3, 0.4) is 0 Å². The molecule has 0 radical (unpaired) electrons. The molecule has 2 aliphatic rings. The summed E-state index contributed by atoms with van der Waals surface area (Å²) in [5.41, 5.74) is 30.5. The van der Waals surface area contributed by atoms with E-state index in [1.165, 1.54) is 142 Å². The molecule has 540 valence electrons. The van der Waals surface area contributed by atoms with Gasteiger partial charge in [0.15, 0.2) is 0 Å². The Morgan fingerprint density at radius 2 is 0.580 bits per heavy atom. The molecule has 0 atom stereocenters. The standard InChI is InChI=1S/C106H88BN5/c1-103(2,3)69-42-54-91-84(58-69)85-59-70(104(4,5)6)43-55-92(85)109(91)75-50-52-88-95(62-75)108(73-46-38-67(39-47-73)65-26-15-13-16-27-65)98-64-97-99(83-36-25-35-82-80-33-22-20-31-78(80)77-30-19-21-32-79(77)81-34-23-24-37-90(81)112(97)101(82)83)102-100(98)107(88)89-53-51-76(63-96(89)111(102)74-48-40-68(41-49-74)66-28-17-14-18-29-66)110-93-56-44-71(105(7,8)9)60-86(93)87-61-72(106(10,11)12)45-57-94(87)110/h13-64H,1-12H3. The van der Waals surface area contributed by atoms with E-state index in [9.17, 15) is 0 Å². The van der Waals surface area contributed by atoms with Crippen LogP contribution >= 0.6 is 0 Å². The van der Waals surface area contributed by atoms with Crippen LogP contribution in [0.15, 0.2) is 315 Å². The van der Waals surface area contributed by atoms with E-state index in [-0.39, 0.29) is 28.4 Å². The molecular formula is C106H88BN5. The fourth-order valence-electron chi connectivity index (χ4n) is 19.0. The molecule has 0 unspecified atom stereocenters. The monoisotopic (exact) mass is 1440 g/mol. The lowest BCUT2D eigenvalue weighted by molar-refractivity contribution is 0.590. The number of hydrogen-bond acceptors (Lipinski definition) is 2. The number of hydrogen-bond donors (Lipinski definition) is 0. The number of anilines is 6. The van der Waals surface area contributed by atoms with Crippen LogP contribution in [0.5, 0.6) is 0 Å². The highest BCUT2D eigenvalue weighted by atomic mass is 15.2. The zero-order valence-electron chi connectivity index (χ0n) is 65.8. The summed E-state index contributed by atoms with van der Waals surface area (Å²) in [7, 11) is 0. The Hall–Kier alpha value is -12.6. The predicted octanol–water partition coefficient (Wildman–Crippen LogP) is 27.1. The van der Waals surface area contributed by atoms with E-state index in [0.29, 0.717) is 0 Å². The van der Waals surface area contributed by atoms with E-state index in [2.05, 4.69) is 422 Å². The zero-order valence-corrected chi connectivity index (χ0v) is 65.8. The Kier molecular flexibility index (Phi) is 14.7. The highest BCUT2D eigenvalue weighted by Gasteiger charge is 2.46. The number of fused-ring (bicyclic) bond motifs is 21. The van der Waals surface area contributed by atoms with Crippen molar-refractivity contribution in [1.29, 1.82) is 0 Å². The van der Waals surface area contributed by atoms with Crippen molar-refractivity contribution in [3.8, 4) is 33.6 Å². The minimum Gasteiger partial charge on any atom is -0.311 e. The second-order valence-electron chi connectivity index (χ2n) is 35.7. The highest BCUT2D eigenvalue weighted by Crippen LogP contribution is 2.53. The van der Waals surface area contributed by atoms with Gasteiger partial charge < -0.3 is 23.3 Å². The third-order valence-corrected chi connectivity index (χ3v) is 24.8. The maximum atomic E-state index is 2.69. The molecule has 6 heterocycles. The summed E-state index contributed by atoms with van der Waals surface area (Å²) < 4.78 is 7.78. The average Bonchev–Trinajstić information content (AvgIpc) is 1.36. The minimum absolute atomic E-state index is 0.0567. The van der Waals surface area contributed by atoms with Gasteiger partial charge in [0.1, 0.15) is 0 Å². The molecule has 0 spiro atoms. The first kappa shape index (κ1) is 67.5. The summed E-state index contributed by atoms with van der Waals surface area (Å²) in [4.78, 5) is 5.34. The van der Waals surface area contributed by atoms with Gasteiger partial charge in [-0.25, -0.2) is 0 Å². The summed E-state index contributed by atoms with van der Waals surface area (Å²) >= 11 is 0. The number of rotatable bonds is 6. The second-order valence-corrected chi connectivity index (χ2v) is 35.7. The summed E-state index contributed by atoms with van der Waals surface area (Å²) in [5, 5.41) is 14.6. The molecule has 0 N–H and O–H groups in total. The maximum Gasteiger partial charge on any atom is 0.252 e. The lowest BCUT2D eigenvalue weighted by Crippen LogP contribution is -2.61. The topological polar surface area (TPSA) is 20.8 Å². The van der Waals surface area contributed by atoms with Crippen molar-refractivity contribution in [1.82, 2.24) is 13.5 Å². The molecule has 0 aliphatic carbocycles. The van der Waals surface area contributed by atoms with Gasteiger partial charge in [-0.15, -0.1) is 0 Å². The van der Waals surface area contributed by atoms with Gasteiger partial charge in [0, 0.05) is 82.9 Å². The fourth-order valence-corrected chi connectivity index (χ4v) is 19.0. The van der Waals surface area contributed by atoms with Gasteiger partial charge in [0.25, 0.3) is 6.71 Å². The maximum absolute atomic E-state index is 2.69. The zero-order chi connectivity index (χ0) is 76.2. The van der Waals surface area contributed by atoms with Crippen molar-refractivity contribution in [2.24, 2.45) is 0 Å². The smallest absolute Gasteiger partial charge is 0.252 e. The quantitative estimate of drug-likeness (QED) is 0.155. The molecule has 0 saturated heterocycles. The minimum atomic E-state index is -0.258. The van der Waals surface area contributed by atoms with Crippen molar-refractivity contribution in [3.05, 3.63) is 338 Å². The van der Waals surface area contributed by atoms with Crippen molar-refractivity contribution in [2.45, 2.75) is 105 Å². The van der Waals surface area contributed by atoms with Crippen LogP contribution in [0.2, 0.25) is 0 Å². The van der Waals surface area contributed by atoms with Crippen molar-refractivity contribution in [3.63, 3.8) is 0 Å². The first-order valence-corrected chi connectivity index (χ1v) is 39.9. The normalized spacial score (nSPS) is 13.3. The van der Waals surface area contributed by atoms with E-state index < -0.39 is 0 Å². The Bertz CT molecular complexity index is 7050. The van der Waals surface area contributed by atoms with Crippen LogP contribution in [0.1, 0.15) is 105 Å². The third-order valence-electron chi connectivity index (χ3n) is 24.8. The third kappa shape index (κ3) is 10.3. The number of benzene rings is 15.